The second-order valence-electron chi connectivity index (χ2n) is 7.84. The minimum atomic E-state index is -3.05. The SMILES string of the molecule is CC(c1ccc2c(c1)OCC2)N1CCN(c2ncc3c(n2)CS(=O)(=O)C3)CC1. The standard InChI is InChI=1S/C20H24N4O3S/c1-14(16-3-2-15-4-9-27-19(15)10-16)23-5-7-24(8-6-23)20-21-11-17-12-28(25,26)13-18(17)22-20/h2-3,10-11,14H,4-9,12-13H2,1H3. The van der Waals surface area contributed by atoms with Gasteiger partial charge in [0.2, 0.25) is 5.95 Å². The van der Waals surface area contributed by atoms with Gasteiger partial charge in [-0.1, -0.05) is 12.1 Å². The molecule has 148 valence electrons. The van der Waals surface area contributed by atoms with Crippen LogP contribution in [-0.2, 0) is 27.8 Å². The van der Waals surface area contributed by atoms with E-state index in [-0.39, 0.29) is 11.5 Å². The predicted molar refractivity (Wildman–Crippen MR) is 106 cm³/mol. The van der Waals surface area contributed by atoms with Crippen molar-refractivity contribution in [2.24, 2.45) is 0 Å². The average Bonchev–Trinajstić information content (AvgIpc) is 3.28. The van der Waals surface area contributed by atoms with Crippen LogP contribution in [0.15, 0.2) is 24.4 Å². The second-order valence-corrected chi connectivity index (χ2v) is 9.90. The summed E-state index contributed by atoms with van der Waals surface area (Å²) in [6, 6.07) is 6.91. The fourth-order valence-electron chi connectivity index (χ4n) is 4.29. The van der Waals surface area contributed by atoms with E-state index in [1.54, 1.807) is 6.20 Å². The minimum absolute atomic E-state index is 0.0370. The Morgan fingerprint density at radius 1 is 1.11 bits per heavy atom. The first-order valence-corrected chi connectivity index (χ1v) is 11.6. The zero-order valence-corrected chi connectivity index (χ0v) is 16.8. The van der Waals surface area contributed by atoms with Gasteiger partial charge in [0.1, 0.15) is 5.75 Å². The zero-order valence-electron chi connectivity index (χ0n) is 16.0. The predicted octanol–water partition coefficient (Wildman–Crippen LogP) is 1.72. The highest BCUT2D eigenvalue weighted by Crippen LogP contribution is 2.31. The van der Waals surface area contributed by atoms with Crippen molar-refractivity contribution in [3.63, 3.8) is 0 Å². The molecular weight excluding hydrogens is 376 g/mol. The molecule has 8 heteroatoms. The van der Waals surface area contributed by atoms with Crippen LogP contribution in [0.1, 0.15) is 35.3 Å². The summed E-state index contributed by atoms with van der Waals surface area (Å²) < 4.78 is 29.3. The lowest BCUT2D eigenvalue weighted by Gasteiger charge is -2.38. The Hall–Kier alpha value is -2.19. The van der Waals surface area contributed by atoms with Crippen LogP contribution in [0.25, 0.3) is 0 Å². The molecule has 0 spiro atoms. The number of aromatic nitrogens is 2. The highest BCUT2D eigenvalue weighted by molar-refractivity contribution is 7.90. The van der Waals surface area contributed by atoms with E-state index in [0.29, 0.717) is 17.7 Å². The van der Waals surface area contributed by atoms with Crippen LogP contribution in [0.5, 0.6) is 5.75 Å². The van der Waals surface area contributed by atoms with Gasteiger partial charge >= 0.3 is 0 Å². The molecular formula is C20H24N4O3S. The first-order chi connectivity index (χ1) is 13.5. The molecule has 0 amide bonds. The minimum Gasteiger partial charge on any atom is -0.493 e. The van der Waals surface area contributed by atoms with E-state index in [9.17, 15) is 8.42 Å². The summed E-state index contributed by atoms with van der Waals surface area (Å²) in [6.45, 7) is 6.52. The lowest BCUT2D eigenvalue weighted by Crippen LogP contribution is -2.47. The number of piperazine rings is 1. The van der Waals surface area contributed by atoms with Gasteiger partial charge in [-0.05, 0) is 24.1 Å². The van der Waals surface area contributed by atoms with E-state index in [0.717, 1.165) is 50.5 Å². The number of rotatable bonds is 3. The number of benzene rings is 1. The summed E-state index contributed by atoms with van der Waals surface area (Å²) in [6.07, 6.45) is 2.69. The van der Waals surface area contributed by atoms with Gasteiger partial charge in [-0.2, -0.15) is 0 Å². The van der Waals surface area contributed by atoms with Gasteiger partial charge in [0.25, 0.3) is 0 Å². The number of fused-ring (bicyclic) bond motifs is 2. The third kappa shape index (κ3) is 3.24. The molecule has 1 unspecified atom stereocenters. The van der Waals surface area contributed by atoms with Gasteiger partial charge in [-0.3, -0.25) is 4.90 Å². The van der Waals surface area contributed by atoms with Gasteiger partial charge in [0, 0.05) is 50.4 Å². The lowest BCUT2D eigenvalue weighted by atomic mass is 10.0. The molecule has 1 saturated heterocycles. The molecule has 5 rings (SSSR count). The van der Waals surface area contributed by atoms with Crippen molar-refractivity contribution in [3.05, 3.63) is 46.8 Å². The van der Waals surface area contributed by atoms with Crippen molar-refractivity contribution in [2.75, 3.05) is 37.7 Å². The molecule has 0 N–H and O–H groups in total. The van der Waals surface area contributed by atoms with Crippen molar-refractivity contribution in [1.29, 1.82) is 0 Å². The molecule has 0 saturated carbocycles. The molecule has 28 heavy (non-hydrogen) atoms. The highest BCUT2D eigenvalue weighted by atomic mass is 32.2. The molecule has 2 aromatic rings. The van der Waals surface area contributed by atoms with Crippen LogP contribution >= 0.6 is 0 Å². The van der Waals surface area contributed by atoms with Crippen molar-refractivity contribution < 1.29 is 13.2 Å². The molecule has 0 aliphatic carbocycles. The van der Waals surface area contributed by atoms with E-state index in [1.807, 2.05) is 0 Å². The lowest BCUT2D eigenvalue weighted by molar-refractivity contribution is 0.197. The Morgan fingerprint density at radius 2 is 1.93 bits per heavy atom. The fourth-order valence-corrected chi connectivity index (χ4v) is 5.77. The first kappa shape index (κ1) is 17.9. The molecule has 1 fully saturated rings. The summed E-state index contributed by atoms with van der Waals surface area (Å²) in [5.74, 6) is 1.78. The molecule has 7 nitrogen and oxygen atoms in total. The molecule has 3 aliphatic heterocycles. The number of anilines is 1. The zero-order chi connectivity index (χ0) is 19.3. The maximum absolute atomic E-state index is 11.8. The topological polar surface area (TPSA) is 75.6 Å². The Morgan fingerprint density at radius 3 is 2.75 bits per heavy atom. The smallest absolute Gasteiger partial charge is 0.225 e. The van der Waals surface area contributed by atoms with Gasteiger partial charge in [0.15, 0.2) is 9.84 Å². The van der Waals surface area contributed by atoms with Crippen molar-refractivity contribution in [3.8, 4) is 5.75 Å². The van der Waals surface area contributed by atoms with E-state index in [1.165, 1.54) is 11.1 Å². The molecule has 3 aliphatic rings. The maximum atomic E-state index is 11.8. The third-order valence-electron chi connectivity index (χ3n) is 6.02. The number of nitrogens with zero attached hydrogens (tertiary/aromatic N) is 4. The molecule has 1 aromatic carbocycles. The van der Waals surface area contributed by atoms with Crippen LogP contribution in [0.4, 0.5) is 5.95 Å². The van der Waals surface area contributed by atoms with Crippen LogP contribution in [0, 0.1) is 0 Å². The van der Waals surface area contributed by atoms with E-state index in [2.05, 4.69) is 44.9 Å². The van der Waals surface area contributed by atoms with Crippen LogP contribution in [0.2, 0.25) is 0 Å². The van der Waals surface area contributed by atoms with Gasteiger partial charge in [-0.15, -0.1) is 0 Å². The van der Waals surface area contributed by atoms with Crippen molar-refractivity contribution in [2.45, 2.75) is 30.9 Å². The monoisotopic (exact) mass is 400 g/mol. The average molecular weight is 401 g/mol. The molecule has 4 heterocycles. The molecule has 1 aromatic heterocycles. The second kappa shape index (κ2) is 6.70. The van der Waals surface area contributed by atoms with Gasteiger partial charge in [-0.25, -0.2) is 18.4 Å². The van der Waals surface area contributed by atoms with E-state index >= 15 is 0 Å². The maximum Gasteiger partial charge on any atom is 0.225 e. The molecule has 1 atom stereocenters. The highest BCUT2D eigenvalue weighted by Gasteiger charge is 2.29. The van der Waals surface area contributed by atoms with Crippen LogP contribution in [-0.4, -0.2) is 56.1 Å². The van der Waals surface area contributed by atoms with Gasteiger partial charge < -0.3 is 9.64 Å². The van der Waals surface area contributed by atoms with E-state index < -0.39 is 9.84 Å². The molecule has 0 radical (unpaired) electrons. The van der Waals surface area contributed by atoms with E-state index in [4.69, 9.17) is 4.74 Å². The number of hydrogen-bond acceptors (Lipinski definition) is 7. The summed E-state index contributed by atoms with van der Waals surface area (Å²) in [5, 5.41) is 0. The quantitative estimate of drug-likeness (QED) is 0.777. The van der Waals surface area contributed by atoms with Crippen molar-refractivity contribution in [1.82, 2.24) is 14.9 Å². The fraction of sp³-hybridized carbons (Fsp3) is 0.500. The number of sulfone groups is 1. The Balaban J connectivity index is 1.26. The van der Waals surface area contributed by atoms with Crippen LogP contribution in [0.3, 0.4) is 0 Å². The summed E-state index contributed by atoms with van der Waals surface area (Å²) in [7, 11) is -3.05. The summed E-state index contributed by atoms with van der Waals surface area (Å²) >= 11 is 0. The number of hydrogen-bond donors (Lipinski definition) is 0. The summed E-state index contributed by atoms with van der Waals surface area (Å²) in [5.41, 5.74) is 4.00. The Bertz CT molecular complexity index is 1020. The Kier molecular flexibility index (Phi) is 4.28. The summed E-state index contributed by atoms with van der Waals surface area (Å²) in [4.78, 5) is 13.6. The van der Waals surface area contributed by atoms with Crippen LogP contribution < -0.4 is 9.64 Å². The number of ether oxygens (including phenoxy) is 1. The third-order valence-corrected chi connectivity index (χ3v) is 7.49. The van der Waals surface area contributed by atoms with Crippen molar-refractivity contribution >= 4 is 15.8 Å². The molecule has 0 bridgehead atoms. The van der Waals surface area contributed by atoms with Gasteiger partial charge in [0.05, 0.1) is 23.8 Å². The normalized spacial score (nSPS) is 21.8. The first-order valence-electron chi connectivity index (χ1n) is 9.78. The largest absolute Gasteiger partial charge is 0.493 e. The Labute approximate surface area is 165 Å².